The second-order valence-electron chi connectivity index (χ2n) is 6.02. The Bertz CT molecular complexity index is 630. The van der Waals surface area contributed by atoms with Gasteiger partial charge in [-0.2, -0.15) is 4.31 Å². The Morgan fingerprint density at radius 3 is 2.76 bits per heavy atom. The zero-order chi connectivity index (χ0) is 18.1. The van der Waals surface area contributed by atoms with Gasteiger partial charge >= 0.3 is 0 Å². The first-order valence-electron chi connectivity index (χ1n) is 8.46. The van der Waals surface area contributed by atoms with E-state index in [2.05, 4.69) is 5.32 Å². The van der Waals surface area contributed by atoms with E-state index in [0.717, 1.165) is 18.6 Å². The topological polar surface area (TPSA) is 84.9 Å². The number of carbonyl (C=O) groups excluding carboxylic acids is 1. The van der Waals surface area contributed by atoms with Crippen LogP contribution in [-0.4, -0.2) is 63.8 Å². The summed E-state index contributed by atoms with van der Waals surface area (Å²) in [6.45, 7) is 1.81. The molecule has 25 heavy (non-hydrogen) atoms. The minimum atomic E-state index is -3.33. The number of sulfonamides is 1. The quantitative estimate of drug-likeness (QED) is 0.664. The van der Waals surface area contributed by atoms with Crippen LogP contribution in [0.5, 0.6) is 5.75 Å². The number of ether oxygens (including phenoxy) is 2. The molecule has 1 aliphatic heterocycles. The maximum atomic E-state index is 11.9. The summed E-state index contributed by atoms with van der Waals surface area (Å²) in [5, 5.41) is 2.73. The summed E-state index contributed by atoms with van der Waals surface area (Å²) in [7, 11) is -3.33. The van der Waals surface area contributed by atoms with Crippen molar-refractivity contribution in [3.63, 3.8) is 0 Å². The largest absolute Gasteiger partial charge is 0.493 e. The Kier molecular flexibility index (Phi) is 7.67. The summed E-state index contributed by atoms with van der Waals surface area (Å²) in [6, 6.07) is 9.27. The van der Waals surface area contributed by atoms with Crippen molar-refractivity contribution >= 4 is 15.9 Å². The predicted molar refractivity (Wildman–Crippen MR) is 95.0 cm³/mol. The molecular formula is C17H26N2O5S. The lowest BCUT2D eigenvalue weighted by Crippen LogP contribution is -2.41. The Hall–Kier alpha value is -1.64. The number of hydrogen-bond donors (Lipinski definition) is 1. The van der Waals surface area contributed by atoms with Gasteiger partial charge in [0, 0.05) is 26.2 Å². The molecule has 1 saturated heterocycles. The molecular weight excluding hydrogens is 344 g/mol. The van der Waals surface area contributed by atoms with Crippen LogP contribution in [-0.2, 0) is 19.6 Å². The van der Waals surface area contributed by atoms with Gasteiger partial charge in [0.1, 0.15) is 5.75 Å². The molecule has 1 amide bonds. The number of carbonyl (C=O) groups is 1. The summed E-state index contributed by atoms with van der Waals surface area (Å²) in [5.74, 6) is 0.552. The SMILES string of the molecule is CS(=O)(=O)N(CCNC(=O)CCOc1ccccc1)CC1CCCO1. The van der Waals surface area contributed by atoms with Crippen LogP contribution in [0.15, 0.2) is 30.3 Å². The Balaban J connectivity index is 1.66. The van der Waals surface area contributed by atoms with Crippen molar-refractivity contribution in [1.29, 1.82) is 0 Å². The van der Waals surface area contributed by atoms with Gasteiger partial charge in [0.05, 0.1) is 25.4 Å². The van der Waals surface area contributed by atoms with Crippen LogP contribution in [0.3, 0.4) is 0 Å². The van der Waals surface area contributed by atoms with E-state index in [9.17, 15) is 13.2 Å². The second kappa shape index (κ2) is 9.74. The highest BCUT2D eigenvalue weighted by atomic mass is 32.2. The van der Waals surface area contributed by atoms with Crippen molar-refractivity contribution in [2.75, 3.05) is 39.1 Å². The Labute approximate surface area is 149 Å². The van der Waals surface area contributed by atoms with Crippen molar-refractivity contribution in [1.82, 2.24) is 9.62 Å². The van der Waals surface area contributed by atoms with Gasteiger partial charge in [0.15, 0.2) is 0 Å². The highest BCUT2D eigenvalue weighted by Gasteiger charge is 2.24. The Morgan fingerprint density at radius 1 is 1.36 bits per heavy atom. The number of rotatable bonds is 10. The van der Waals surface area contributed by atoms with Crippen LogP contribution in [0.2, 0.25) is 0 Å². The molecule has 7 nitrogen and oxygen atoms in total. The van der Waals surface area contributed by atoms with Crippen molar-refractivity contribution in [3.05, 3.63) is 30.3 Å². The average Bonchev–Trinajstić information content (AvgIpc) is 3.07. The monoisotopic (exact) mass is 370 g/mol. The van der Waals surface area contributed by atoms with Crippen LogP contribution >= 0.6 is 0 Å². The van der Waals surface area contributed by atoms with E-state index in [1.165, 1.54) is 10.6 Å². The fraction of sp³-hybridized carbons (Fsp3) is 0.588. The van der Waals surface area contributed by atoms with Gasteiger partial charge in [-0.15, -0.1) is 0 Å². The summed E-state index contributed by atoms with van der Waals surface area (Å²) in [6.07, 6.45) is 3.18. The van der Waals surface area contributed by atoms with Crippen LogP contribution in [0.25, 0.3) is 0 Å². The van der Waals surface area contributed by atoms with Gasteiger partial charge in [0.25, 0.3) is 0 Å². The molecule has 8 heteroatoms. The van der Waals surface area contributed by atoms with E-state index >= 15 is 0 Å². The van der Waals surface area contributed by atoms with Crippen molar-refractivity contribution in [3.8, 4) is 5.75 Å². The molecule has 0 aliphatic carbocycles. The molecule has 0 saturated carbocycles. The van der Waals surface area contributed by atoms with Gasteiger partial charge in [-0.3, -0.25) is 4.79 Å². The highest BCUT2D eigenvalue weighted by molar-refractivity contribution is 7.88. The van der Waals surface area contributed by atoms with E-state index in [4.69, 9.17) is 9.47 Å². The summed E-state index contributed by atoms with van der Waals surface area (Å²) in [5.41, 5.74) is 0. The van der Waals surface area contributed by atoms with Gasteiger partial charge < -0.3 is 14.8 Å². The fourth-order valence-corrected chi connectivity index (χ4v) is 3.45. The van der Waals surface area contributed by atoms with E-state index in [1.807, 2.05) is 30.3 Å². The predicted octanol–water partition coefficient (Wildman–Crippen LogP) is 1.01. The maximum Gasteiger partial charge on any atom is 0.223 e. The number of nitrogens with one attached hydrogen (secondary N) is 1. The van der Waals surface area contributed by atoms with Crippen LogP contribution in [0.4, 0.5) is 0 Å². The molecule has 0 bridgehead atoms. The molecule has 0 aromatic heterocycles. The number of amides is 1. The maximum absolute atomic E-state index is 11.9. The number of nitrogens with zero attached hydrogens (tertiary/aromatic N) is 1. The van der Waals surface area contributed by atoms with Gasteiger partial charge in [-0.1, -0.05) is 18.2 Å². The highest BCUT2D eigenvalue weighted by Crippen LogP contribution is 2.14. The first-order chi connectivity index (χ1) is 11.9. The molecule has 0 radical (unpaired) electrons. The van der Waals surface area contributed by atoms with E-state index < -0.39 is 10.0 Å². The number of hydrogen-bond acceptors (Lipinski definition) is 5. The third-order valence-electron chi connectivity index (χ3n) is 3.92. The molecule has 1 heterocycles. The van der Waals surface area contributed by atoms with E-state index in [-0.39, 0.29) is 38.1 Å². The molecule has 1 aliphatic rings. The van der Waals surface area contributed by atoms with Crippen molar-refractivity contribution < 1.29 is 22.7 Å². The van der Waals surface area contributed by atoms with E-state index in [0.29, 0.717) is 13.2 Å². The normalized spacial score (nSPS) is 17.6. The standard InChI is InChI=1S/C17H26N2O5S/c1-25(21,22)19(14-16-8-5-12-23-16)11-10-18-17(20)9-13-24-15-6-3-2-4-7-15/h2-4,6-7,16H,5,8-14H2,1H3,(H,18,20). The van der Waals surface area contributed by atoms with Gasteiger partial charge in [-0.25, -0.2) is 8.42 Å². The second-order valence-corrected chi connectivity index (χ2v) is 8.00. The third-order valence-corrected chi connectivity index (χ3v) is 5.19. The average molecular weight is 370 g/mol. The van der Waals surface area contributed by atoms with Crippen LogP contribution < -0.4 is 10.1 Å². The minimum absolute atomic E-state index is 0.0512. The summed E-state index contributed by atoms with van der Waals surface area (Å²) >= 11 is 0. The summed E-state index contributed by atoms with van der Waals surface area (Å²) in [4.78, 5) is 11.8. The zero-order valence-corrected chi connectivity index (χ0v) is 15.3. The molecule has 1 unspecified atom stereocenters. The van der Waals surface area contributed by atoms with Crippen LogP contribution in [0, 0.1) is 0 Å². The number of benzene rings is 1. The molecule has 2 rings (SSSR count). The molecule has 0 spiro atoms. The molecule has 1 aromatic carbocycles. The Morgan fingerprint density at radius 2 is 2.12 bits per heavy atom. The first-order valence-corrected chi connectivity index (χ1v) is 10.3. The zero-order valence-electron chi connectivity index (χ0n) is 14.5. The molecule has 140 valence electrons. The minimum Gasteiger partial charge on any atom is -0.493 e. The molecule has 1 fully saturated rings. The molecule has 1 atom stereocenters. The van der Waals surface area contributed by atoms with Crippen molar-refractivity contribution in [2.24, 2.45) is 0 Å². The summed E-state index contributed by atoms with van der Waals surface area (Å²) < 4.78 is 36.0. The smallest absolute Gasteiger partial charge is 0.223 e. The van der Waals surface area contributed by atoms with E-state index in [1.54, 1.807) is 0 Å². The fourth-order valence-electron chi connectivity index (χ4n) is 2.59. The molecule has 1 aromatic rings. The van der Waals surface area contributed by atoms with Gasteiger partial charge in [0.2, 0.25) is 15.9 Å². The van der Waals surface area contributed by atoms with Gasteiger partial charge in [-0.05, 0) is 25.0 Å². The molecule has 1 N–H and O–H groups in total. The third kappa shape index (κ3) is 7.41. The lowest BCUT2D eigenvalue weighted by atomic mass is 10.2. The lowest BCUT2D eigenvalue weighted by Gasteiger charge is -2.23. The van der Waals surface area contributed by atoms with Crippen LogP contribution in [0.1, 0.15) is 19.3 Å². The lowest BCUT2D eigenvalue weighted by molar-refractivity contribution is -0.121. The number of para-hydroxylation sites is 1. The van der Waals surface area contributed by atoms with Crippen molar-refractivity contribution in [2.45, 2.75) is 25.4 Å². The first kappa shape index (κ1) is 19.7.